The van der Waals surface area contributed by atoms with Gasteiger partial charge in [-0.15, -0.1) is 0 Å². The van der Waals surface area contributed by atoms with Crippen LogP contribution in [0.25, 0.3) is 0 Å². The predicted molar refractivity (Wildman–Crippen MR) is 61.7 cm³/mol. The van der Waals surface area contributed by atoms with Crippen molar-refractivity contribution in [1.29, 1.82) is 5.26 Å². The Morgan fingerprint density at radius 2 is 2.44 bits per heavy atom. The van der Waals surface area contributed by atoms with Gasteiger partial charge in [0.2, 0.25) is 0 Å². The van der Waals surface area contributed by atoms with E-state index < -0.39 is 0 Å². The molecule has 0 unspecified atom stereocenters. The number of nitrogens with one attached hydrogen (secondary N) is 1. The van der Waals surface area contributed by atoms with E-state index in [4.69, 9.17) is 5.26 Å². The van der Waals surface area contributed by atoms with Gasteiger partial charge in [0.25, 0.3) is 0 Å². The molecule has 0 amide bonds. The van der Waals surface area contributed by atoms with Crippen molar-refractivity contribution in [2.75, 3.05) is 5.32 Å². The molecule has 2 heterocycles. The largest absolute Gasteiger partial charge is 0.380 e. The first kappa shape index (κ1) is 10.2. The van der Waals surface area contributed by atoms with E-state index in [1.54, 1.807) is 12.4 Å². The average molecular weight is 212 g/mol. The van der Waals surface area contributed by atoms with E-state index in [9.17, 15) is 0 Å². The summed E-state index contributed by atoms with van der Waals surface area (Å²) in [4.78, 5) is 4.02. The monoisotopic (exact) mass is 212 g/mol. The zero-order valence-electron chi connectivity index (χ0n) is 9.01. The summed E-state index contributed by atoms with van der Waals surface area (Å²) in [5.74, 6) is 0. The van der Waals surface area contributed by atoms with Gasteiger partial charge in [0, 0.05) is 32.2 Å². The molecule has 1 N–H and O–H groups in total. The van der Waals surface area contributed by atoms with E-state index in [2.05, 4.69) is 16.4 Å². The molecule has 0 aliphatic carbocycles. The first-order chi connectivity index (χ1) is 7.79. The fourth-order valence-electron chi connectivity index (χ4n) is 1.51. The second kappa shape index (κ2) is 4.49. The Morgan fingerprint density at radius 1 is 1.56 bits per heavy atom. The normalized spacial score (nSPS) is 9.75. The average Bonchev–Trinajstić information content (AvgIpc) is 2.69. The molecule has 4 heteroatoms. The number of hydrogen-bond acceptors (Lipinski definition) is 3. The molecule has 0 atom stereocenters. The Hall–Kier alpha value is -2.28. The van der Waals surface area contributed by atoms with Crippen LogP contribution < -0.4 is 5.32 Å². The molecule has 2 aromatic rings. The minimum Gasteiger partial charge on any atom is -0.380 e. The van der Waals surface area contributed by atoms with Crippen LogP contribution in [0.3, 0.4) is 0 Å². The Bertz CT molecular complexity index is 508. The van der Waals surface area contributed by atoms with Crippen molar-refractivity contribution >= 4 is 5.69 Å². The number of anilines is 1. The van der Waals surface area contributed by atoms with Crippen molar-refractivity contribution in [3.8, 4) is 6.07 Å². The molecular formula is C12H12N4. The summed E-state index contributed by atoms with van der Waals surface area (Å²) >= 11 is 0. The first-order valence-electron chi connectivity index (χ1n) is 4.99. The molecule has 0 saturated heterocycles. The number of aromatic nitrogens is 2. The van der Waals surface area contributed by atoms with Crippen LogP contribution in [0.5, 0.6) is 0 Å². The van der Waals surface area contributed by atoms with Crippen LogP contribution in [0, 0.1) is 11.3 Å². The zero-order chi connectivity index (χ0) is 11.4. The molecule has 0 bridgehead atoms. The number of nitrogens with zero attached hydrogens (tertiary/aromatic N) is 3. The smallest absolute Gasteiger partial charge is 0.120 e. The third-order valence-corrected chi connectivity index (χ3v) is 2.33. The summed E-state index contributed by atoms with van der Waals surface area (Å²) in [7, 11) is 1.87. The van der Waals surface area contributed by atoms with Gasteiger partial charge in [0.15, 0.2) is 0 Å². The zero-order valence-corrected chi connectivity index (χ0v) is 9.01. The third-order valence-electron chi connectivity index (χ3n) is 2.33. The summed E-state index contributed by atoms with van der Waals surface area (Å²) in [5.41, 5.74) is 2.73. The molecule has 2 rings (SSSR count). The first-order valence-corrected chi connectivity index (χ1v) is 4.99. The van der Waals surface area contributed by atoms with E-state index in [1.807, 2.05) is 36.0 Å². The molecular weight excluding hydrogens is 200 g/mol. The van der Waals surface area contributed by atoms with Crippen molar-refractivity contribution in [2.24, 2.45) is 7.05 Å². The molecule has 0 aromatic carbocycles. The van der Waals surface area contributed by atoms with E-state index in [0.717, 1.165) is 11.3 Å². The number of aryl methyl sites for hydroxylation is 1. The topological polar surface area (TPSA) is 53.6 Å². The lowest BCUT2D eigenvalue weighted by molar-refractivity contribution is 0.902. The maximum Gasteiger partial charge on any atom is 0.120 e. The SMILES string of the molecule is Cn1cc(CNc2cccnc2)cc1C#N. The van der Waals surface area contributed by atoms with E-state index in [1.165, 1.54) is 0 Å². The summed E-state index contributed by atoms with van der Waals surface area (Å²) in [6, 6.07) is 7.86. The second-order valence-electron chi connectivity index (χ2n) is 3.55. The second-order valence-corrected chi connectivity index (χ2v) is 3.55. The van der Waals surface area contributed by atoms with Crippen LogP contribution in [0.2, 0.25) is 0 Å². The Kier molecular flexibility index (Phi) is 2.88. The van der Waals surface area contributed by atoms with Gasteiger partial charge >= 0.3 is 0 Å². The maximum atomic E-state index is 8.82. The lowest BCUT2D eigenvalue weighted by Crippen LogP contribution is -1.98. The lowest BCUT2D eigenvalue weighted by atomic mass is 10.3. The van der Waals surface area contributed by atoms with Crippen LogP contribution in [0.4, 0.5) is 5.69 Å². The standard InChI is InChI=1S/C12H12N4/c1-16-9-10(5-12(16)6-13)7-15-11-3-2-4-14-8-11/h2-5,8-9,15H,7H2,1H3. The molecule has 0 saturated carbocycles. The summed E-state index contributed by atoms with van der Waals surface area (Å²) < 4.78 is 1.82. The van der Waals surface area contributed by atoms with E-state index >= 15 is 0 Å². The van der Waals surface area contributed by atoms with Gasteiger partial charge in [-0.3, -0.25) is 4.98 Å². The van der Waals surface area contributed by atoms with E-state index in [-0.39, 0.29) is 0 Å². The van der Waals surface area contributed by atoms with Gasteiger partial charge in [-0.25, -0.2) is 0 Å². The highest BCUT2D eigenvalue weighted by atomic mass is 14.9. The molecule has 4 nitrogen and oxygen atoms in total. The van der Waals surface area contributed by atoms with Crippen LogP contribution >= 0.6 is 0 Å². The van der Waals surface area contributed by atoms with Crippen LogP contribution in [0.15, 0.2) is 36.8 Å². The predicted octanol–water partition coefficient (Wildman–Crippen LogP) is 1.90. The fraction of sp³-hybridized carbons (Fsp3) is 0.167. The van der Waals surface area contributed by atoms with Crippen LogP contribution in [-0.4, -0.2) is 9.55 Å². The number of nitriles is 1. The molecule has 0 aliphatic heterocycles. The van der Waals surface area contributed by atoms with Crippen molar-refractivity contribution in [3.63, 3.8) is 0 Å². The van der Waals surface area contributed by atoms with Crippen molar-refractivity contribution < 1.29 is 0 Å². The summed E-state index contributed by atoms with van der Waals surface area (Å²) in [6.45, 7) is 0.696. The molecule has 0 fully saturated rings. The molecule has 2 aromatic heterocycles. The van der Waals surface area contributed by atoms with Gasteiger partial charge in [0.1, 0.15) is 11.8 Å². The van der Waals surface area contributed by atoms with Gasteiger partial charge in [-0.2, -0.15) is 5.26 Å². The van der Waals surface area contributed by atoms with Gasteiger partial charge in [-0.05, 0) is 23.8 Å². The molecule has 0 aliphatic rings. The lowest BCUT2D eigenvalue weighted by Gasteiger charge is -2.02. The Labute approximate surface area is 94.2 Å². The molecule has 0 spiro atoms. The Balaban J connectivity index is 2.03. The van der Waals surface area contributed by atoms with Crippen LogP contribution in [-0.2, 0) is 13.6 Å². The quantitative estimate of drug-likeness (QED) is 0.845. The highest BCUT2D eigenvalue weighted by molar-refractivity contribution is 5.41. The minimum atomic E-state index is 0.669. The summed E-state index contributed by atoms with van der Waals surface area (Å²) in [5, 5.41) is 12.1. The molecule has 16 heavy (non-hydrogen) atoms. The minimum absolute atomic E-state index is 0.669. The summed E-state index contributed by atoms with van der Waals surface area (Å²) in [6.07, 6.45) is 5.46. The number of pyridine rings is 1. The highest BCUT2D eigenvalue weighted by Gasteiger charge is 2.01. The maximum absolute atomic E-state index is 8.82. The van der Waals surface area contributed by atoms with E-state index in [0.29, 0.717) is 12.2 Å². The fourth-order valence-corrected chi connectivity index (χ4v) is 1.51. The van der Waals surface area contributed by atoms with Gasteiger partial charge in [-0.1, -0.05) is 0 Å². The molecule has 80 valence electrons. The third kappa shape index (κ3) is 2.20. The number of rotatable bonds is 3. The highest BCUT2D eigenvalue weighted by Crippen LogP contribution is 2.09. The molecule has 0 radical (unpaired) electrons. The van der Waals surface area contributed by atoms with Crippen molar-refractivity contribution in [3.05, 3.63) is 48.0 Å². The Morgan fingerprint density at radius 3 is 3.06 bits per heavy atom. The number of hydrogen-bond donors (Lipinski definition) is 1. The van der Waals surface area contributed by atoms with Crippen molar-refractivity contribution in [2.45, 2.75) is 6.54 Å². The van der Waals surface area contributed by atoms with Crippen molar-refractivity contribution in [1.82, 2.24) is 9.55 Å². The van der Waals surface area contributed by atoms with Crippen LogP contribution in [0.1, 0.15) is 11.3 Å². The van der Waals surface area contributed by atoms with Gasteiger partial charge < -0.3 is 9.88 Å². The van der Waals surface area contributed by atoms with Gasteiger partial charge in [0.05, 0.1) is 5.69 Å².